The van der Waals surface area contributed by atoms with Crippen molar-refractivity contribution in [1.29, 1.82) is 5.26 Å². The first-order valence-electron chi connectivity index (χ1n) is 7.97. The fourth-order valence-electron chi connectivity index (χ4n) is 2.72. The van der Waals surface area contributed by atoms with Gasteiger partial charge in [-0.1, -0.05) is 18.2 Å². The summed E-state index contributed by atoms with van der Waals surface area (Å²) in [6, 6.07) is 11.2. The molecule has 134 valence electrons. The maximum absolute atomic E-state index is 12.2. The minimum Gasteiger partial charge on any atom is -0.484 e. The Bertz CT molecular complexity index is 857. The van der Waals surface area contributed by atoms with Crippen LogP contribution in [0.15, 0.2) is 30.3 Å². The van der Waals surface area contributed by atoms with Crippen molar-refractivity contribution in [2.75, 3.05) is 25.6 Å². The van der Waals surface area contributed by atoms with Crippen molar-refractivity contribution in [3.05, 3.63) is 46.3 Å². The molecule has 0 unspecified atom stereocenters. The Morgan fingerprint density at radius 1 is 1.35 bits per heavy atom. The fraction of sp³-hybridized carbons (Fsp3) is 0.278. The monoisotopic (exact) mass is 371 g/mol. The van der Waals surface area contributed by atoms with Crippen molar-refractivity contribution in [3.8, 4) is 11.8 Å². The van der Waals surface area contributed by atoms with Crippen LogP contribution >= 0.6 is 11.3 Å². The van der Waals surface area contributed by atoms with Crippen molar-refractivity contribution in [2.24, 2.45) is 0 Å². The highest BCUT2D eigenvalue weighted by molar-refractivity contribution is 7.16. The largest absolute Gasteiger partial charge is 0.484 e. The Morgan fingerprint density at radius 2 is 2.12 bits per heavy atom. The molecule has 1 N–H and O–H groups in total. The van der Waals surface area contributed by atoms with Gasteiger partial charge in [0.2, 0.25) is 0 Å². The molecule has 0 bridgehead atoms. The van der Waals surface area contributed by atoms with Crippen molar-refractivity contribution < 1.29 is 19.1 Å². The van der Waals surface area contributed by atoms with Gasteiger partial charge in [0.1, 0.15) is 16.8 Å². The molecule has 0 radical (unpaired) electrons. The van der Waals surface area contributed by atoms with Gasteiger partial charge in [0, 0.05) is 11.4 Å². The molecule has 1 aromatic heterocycles. The van der Waals surface area contributed by atoms with Gasteiger partial charge in [0.15, 0.2) is 6.61 Å². The summed E-state index contributed by atoms with van der Waals surface area (Å²) >= 11 is 1.31. The van der Waals surface area contributed by atoms with E-state index in [0.717, 1.165) is 10.4 Å². The van der Waals surface area contributed by atoms with Gasteiger partial charge in [0.25, 0.3) is 5.91 Å². The third-order valence-corrected chi connectivity index (χ3v) is 5.10. The number of hydrogen-bond donors (Lipinski definition) is 1. The number of carbonyl (C=O) groups is 2. The number of ether oxygens (including phenoxy) is 2. The number of anilines is 1. The Morgan fingerprint density at radius 3 is 2.81 bits per heavy atom. The van der Waals surface area contributed by atoms with Gasteiger partial charge in [-0.05, 0) is 24.1 Å². The van der Waals surface area contributed by atoms with E-state index in [1.165, 1.54) is 18.4 Å². The van der Waals surface area contributed by atoms with Crippen LogP contribution in [0.2, 0.25) is 0 Å². The molecule has 8 heteroatoms. The third kappa shape index (κ3) is 3.78. The number of rotatable bonds is 4. The number of nitrogens with one attached hydrogen (secondary N) is 1. The number of nitrogens with zero attached hydrogens (tertiary/aromatic N) is 2. The van der Waals surface area contributed by atoms with Gasteiger partial charge < -0.3 is 19.7 Å². The molecule has 26 heavy (non-hydrogen) atoms. The van der Waals surface area contributed by atoms with Crippen LogP contribution in [0.5, 0.6) is 5.75 Å². The van der Waals surface area contributed by atoms with Crippen LogP contribution in [0.3, 0.4) is 0 Å². The molecule has 0 spiro atoms. The number of hydrogen-bond acceptors (Lipinski definition) is 6. The molecule has 2 heterocycles. The first kappa shape index (κ1) is 17.8. The number of amides is 2. The van der Waals surface area contributed by atoms with Crippen molar-refractivity contribution in [1.82, 2.24) is 4.90 Å². The third-order valence-electron chi connectivity index (χ3n) is 3.97. The van der Waals surface area contributed by atoms with Gasteiger partial charge in [-0.2, -0.15) is 5.26 Å². The molecule has 2 amide bonds. The molecule has 0 fully saturated rings. The molecule has 1 aromatic carbocycles. The predicted molar refractivity (Wildman–Crippen MR) is 96.1 cm³/mol. The number of carbonyl (C=O) groups excluding carboxylic acids is 2. The van der Waals surface area contributed by atoms with E-state index in [2.05, 4.69) is 11.4 Å². The summed E-state index contributed by atoms with van der Waals surface area (Å²) in [6.07, 6.45) is 0.157. The quantitative estimate of drug-likeness (QED) is 0.892. The Kier molecular flexibility index (Phi) is 5.39. The highest BCUT2D eigenvalue weighted by Gasteiger charge is 2.27. The van der Waals surface area contributed by atoms with Crippen molar-refractivity contribution in [3.63, 3.8) is 0 Å². The lowest BCUT2D eigenvalue weighted by Gasteiger charge is -2.25. The number of fused-ring (bicyclic) bond motifs is 1. The second-order valence-corrected chi connectivity index (χ2v) is 6.72. The minimum atomic E-state index is -0.399. The second kappa shape index (κ2) is 7.89. The van der Waals surface area contributed by atoms with E-state index < -0.39 is 6.09 Å². The van der Waals surface area contributed by atoms with Crippen LogP contribution < -0.4 is 10.1 Å². The van der Waals surface area contributed by atoms with Crippen LogP contribution in [-0.2, 0) is 22.5 Å². The molecule has 3 rings (SSSR count). The Labute approximate surface area is 154 Å². The number of thiophene rings is 1. The average molecular weight is 371 g/mol. The predicted octanol–water partition coefficient (Wildman–Crippen LogP) is 2.76. The summed E-state index contributed by atoms with van der Waals surface area (Å²) in [4.78, 5) is 26.3. The number of methoxy groups -OCH3 is 1. The molecule has 0 saturated heterocycles. The molecule has 1 aliphatic heterocycles. The van der Waals surface area contributed by atoms with E-state index in [1.54, 1.807) is 17.0 Å². The van der Waals surface area contributed by atoms with E-state index in [1.807, 2.05) is 18.2 Å². The number of benzene rings is 1. The smallest absolute Gasteiger partial charge is 0.409 e. The van der Waals surface area contributed by atoms with Crippen molar-refractivity contribution in [2.45, 2.75) is 13.0 Å². The van der Waals surface area contributed by atoms with E-state index in [0.29, 0.717) is 35.8 Å². The molecule has 0 saturated carbocycles. The Balaban J connectivity index is 1.69. The zero-order chi connectivity index (χ0) is 18.5. The fourth-order valence-corrected chi connectivity index (χ4v) is 3.95. The summed E-state index contributed by atoms with van der Waals surface area (Å²) in [5.41, 5.74) is 1.35. The second-order valence-electron chi connectivity index (χ2n) is 5.61. The maximum Gasteiger partial charge on any atom is 0.409 e. The normalized spacial score (nSPS) is 12.7. The Hall–Kier alpha value is -3.05. The minimum absolute atomic E-state index is 0.147. The van der Waals surface area contributed by atoms with Crippen LogP contribution in [0, 0.1) is 11.3 Å². The first-order valence-corrected chi connectivity index (χ1v) is 8.79. The van der Waals surface area contributed by atoms with E-state index in [9.17, 15) is 14.9 Å². The number of nitriles is 1. The van der Waals surface area contributed by atoms with Gasteiger partial charge >= 0.3 is 6.09 Å². The average Bonchev–Trinajstić information content (AvgIpc) is 3.02. The van der Waals surface area contributed by atoms with Crippen LogP contribution in [0.1, 0.15) is 16.0 Å². The maximum atomic E-state index is 12.2. The molecule has 2 aromatic rings. The van der Waals surface area contributed by atoms with Crippen LogP contribution in [0.4, 0.5) is 9.80 Å². The summed E-state index contributed by atoms with van der Waals surface area (Å²) in [7, 11) is 1.34. The zero-order valence-corrected chi connectivity index (χ0v) is 15.0. The van der Waals surface area contributed by atoms with Gasteiger partial charge in [-0.3, -0.25) is 4.79 Å². The molecule has 0 aliphatic carbocycles. The highest BCUT2D eigenvalue weighted by Crippen LogP contribution is 2.36. The highest BCUT2D eigenvalue weighted by atomic mass is 32.1. The van der Waals surface area contributed by atoms with E-state index >= 15 is 0 Å². The topological polar surface area (TPSA) is 91.7 Å². The summed E-state index contributed by atoms with van der Waals surface area (Å²) in [5.74, 6) is 0.260. The van der Waals surface area contributed by atoms with Gasteiger partial charge in [0.05, 0.1) is 19.2 Å². The summed E-state index contributed by atoms with van der Waals surface area (Å²) in [5, 5.41) is 12.7. The molecular weight excluding hydrogens is 354 g/mol. The lowest BCUT2D eigenvalue weighted by molar-refractivity contribution is -0.118. The summed E-state index contributed by atoms with van der Waals surface area (Å²) < 4.78 is 10.2. The van der Waals surface area contributed by atoms with E-state index in [-0.39, 0.29) is 12.5 Å². The lowest BCUT2D eigenvalue weighted by Crippen LogP contribution is -2.35. The first-order chi connectivity index (χ1) is 12.6. The SMILES string of the molecule is COC(=O)N1CCc2c(sc(NC(=O)COc3ccccc3)c2C#N)C1. The molecule has 0 atom stereocenters. The van der Waals surface area contributed by atoms with Gasteiger partial charge in [-0.15, -0.1) is 11.3 Å². The van der Waals surface area contributed by atoms with E-state index in [4.69, 9.17) is 9.47 Å². The van der Waals surface area contributed by atoms with Gasteiger partial charge in [-0.25, -0.2) is 4.79 Å². The molecule has 7 nitrogen and oxygen atoms in total. The zero-order valence-electron chi connectivity index (χ0n) is 14.2. The van der Waals surface area contributed by atoms with Crippen LogP contribution in [0.25, 0.3) is 0 Å². The van der Waals surface area contributed by atoms with Crippen LogP contribution in [-0.4, -0.2) is 37.2 Å². The molecular formula is C18H17N3O4S. The lowest BCUT2D eigenvalue weighted by atomic mass is 10.0. The summed E-state index contributed by atoms with van der Waals surface area (Å²) in [6.45, 7) is 0.707. The number of para-hydroxylation sites is 1. The molecule has 1 aliphatic rings. The standard InChI is InChI=1S/C18H17N3O4S/c1-24-18(23)21-8-7-13-14(9-19)17(26-15(13)10-21)20-16(22)11-25-12-5-3-2-4-6-12/h2-6H,7-8,10-11H2,1H3,(H,20,22). The van der Waals surface area contributed by atoms with Crippen molar-refractivity contribution >= 4 is 28.3 Å².